The summed E-state index contributed by atoms with van der Waals surface area (Å²) in [6, 6.07) is 6.82. The van der Waals surface area contributed by atoms with Crippen molar-refractivity contribution >= 4 is 27.5 Å². The van der Waals surface area contributed by atoms with Gasteiger partial charge in [0.1, 0.15) is 18.6 Å². The molecule has 2 aromatic rings. The molecule has 0 aliphatic rings. The van der Waals surface area contributed by atoms with Gasteiger partial charge in [-0.1, -0.05) is 21.1 Å². The van der Waals surface area contributed by atoms with Gasteiger partial charge in [0.2, 0.25) is 0 Å². The van der Waals surface area contributed by atoms with Gasteiger partial charge in [0, 0.05) is 17.6 Å². The standard InChI is InChI=1S/C13H13BrN2O4/c1-18-6-7-19-12-3-2-9(14)8-11(12)15-13(17)10-4-5-20-16-10/h2-5,8H,6-7H2,1H3,(H,15,17). The highest BCUT2D eigenvalue weighted by atomic mass is 79.9. The molecule has 1 heterocycles. The molecule has 0 fully saturated rings. The van der Waals surface area contributed by atoms with Gasteiger partial charge in [-0.25, -0.2) is 0 Å². The maximum absolute atomic E-state index is 11.9. The lowest BCUT2D eigenvalue weighted by molar-refractivity contribution is 0.101. The number of amides is 1. The van der Waals surface area contributed by atoms with Crippen LogP contribution in [0.1, 0.15) is 10.5 Å². The summed E-state index contributed by atoms with van der Waals surface area (Å²) >= 11 is 3.35. The summed E-state index contributed by atoms with van der Waals surface area (Å²) in [5, 5.41) is 6.30. The molecule has 0 unspecified atom stereocenters. The molecule has 0 atom stereocenters. The third kappa shape index (κ3) is 3.82. The van der Waals surface area contributed by atoms with E-state index in [1.165, 1.54) is 12.3 Å². The second-order valence-corrected chi connectivity index (χ2v) is 4.74. The molecule has 0 aliphatic heterocycles. The van der Waals surface area contributed by atoms with Gasteiger partial charge in [-0.05, 0) is 18.2 Å². The molecule has 0 aliphatic carbocycles. The molecular weight excluding hydrogens is 328 g/mol. The van der Waals surface area contributed by atoms with Gasteiger partial charge in [-0.3, -0.25) is 4.79 Å². The number of carbonyl (C=O) groups excluding carboxylic acids is 1. The van der Waals surface area contributed by atoms with Crippen molar-refractivity contribution in [3.63, 3.8) is 0 Å². The van der Waals surface area contributed by atoms with Crippen LogP contribution in [-0.2, 0) is 4.74 Å². The van der Waals surface area contributed by atoms with E-state index < -0.39 is 0 Å². The van der Waals surface area contributed by atoms with Crippen LogP contribution in [0.4, 0.5) is 5.69 Å². The molecule has 7 heteroatoms. The van der Waals surface area contributed by atoms with Gasteiger partial charge in [0.05, 0.1) is 12.3 Å². The number of carbonyl (C=O) groups is 1. The van der Waals surface area contributed by atoms with Crippen molar-refractivity contribution < 1.29 is 18.8 Å². The fourth-order valence-corrected chi connectivity index (χ4v) is 1.84. The lowest BCUT2D eigenvalue weighted by Gasteiger charge is -2.12. The Hall–Kier alpha value is -1.86. The highest BCUT2D eigenvalue weighted by Gasteiger charge is 2.13. The maximum Gasteiger partial charge on any atom is 0.277 e. The summed E-state index contributed by atoms with van der Waals surface area (Å²) in [7, 11) is 1.60. The van der Waals surface area contributed by atoms with Crippen molar-refractivity contribution in [3.05, 3.63) is 40.7 Å². The molecule has 0 bridgehead atoms. The largest absolute Gasteiger partial charge is 0.489 e. The molecule has 0 radical (unpaired) electrons. The summed E-state index contributed by atoms with van der Waals surface area (Å²) in [6.07, 6.45) is 1.34. The molecule has 1 aromatic heterocycles. The van der Waals surface area contributed by atoms with E-state index in [4.69, 9.17) is 9.47 Å². The smallest absolute Gasteiger partial charge is 0.277 e. The Morgan fingerprint density at radius 3 is 2.95 bits per heavy atom. The average Bonchev–Trinajstić information content (AvgIpc) is 2.95. The maximum atomic E-state index is 11.9. The minimum Gasteiger partial charge on any atom is -0.489 e. The molecule has 0 saturated carbocycles. The number of nitrogens with one attached hydrogen (secondary N) is 1. The monoisotopic (exact) mass is 340 g/mol. The van der Waals surface area contributed by atoms with E-state index in [0.29, 0.717) is 24.7 Å². The van der Waals surface area contributed by atoms with Gasteiger partial charge < -0.3 is 19.3 Å². The summed E-state index contributed by atoms with van der Waals surface area (Å²) < 4.78 is 15.9. The van der Waals surface area contributed by atoms with Crippen LogP contribution in [-0.4, -0.2) is 31.4 Å². The molecule has 1 N–H and O–H groups in total. The third-order valence-corrected chi connectivity index (χ3v) is 2.90. The van der Waals surface area contributed by atoms with Crippen molar-refractivity contribution in [3.8, 4) is 5.75 Å². The van der Waals surface area contributed by atoms with Crippen molar-refractivity contribution in [2.75, 3.05) is 25.6 Å². The number of hydrogen-bond donors (Lipinski definition) is 1. The van der Waals surface area contributed by atoms with Crippen LogP contribution in [0.5, 0.6) is 5.75 Å². The van der Waals surface area contributed by atoms with Crippen LogP contribution in [0.2, 0.25) is 0 Å². The normalized spacial score (nSPS) is 10.3. The molecule has 6 nitrogen and oxygen atoms in total. The zero-order valence-corrected chi connectivity index (χ0v) is 12.3. The van der Waals surface area contributed by atoms with E-state index in [0.717, 1.165) is 4.47 Å². The molecule has 1 amide bonds. The second kappa shape index (κ2) is 7.06. The molecule has 0 saturated heterocycles. The van der Waals surface area contributed by atoms with Crippen LogP contribution >= 0.6 is 15.9 Å². The SMILES string of the molecule is COCCOc1ccc(Br)cc1NC(=O)c1ccon1. The minimum atomic E-state index is -0.367. The van der Waals surface area contributed by atoms with E-state index in [-0.39, 0.29) is 11.6 Å². The van der Waals surface area contributed by atoms with Crippen molar-refractivity contribution in [1.82, 2.24) is 5.16 Å². The predicted octanol–water partition coefficient (Wildman–Crippen LogP) is 2.71. The quantitative estimate of drug-likeness (QED) is 0.818. The average molecular weight is 341 g/mol. The van der Waals surface area contributed by atoms with Crippen LogP contribution in [0, 0.1) is 0 Å². The van der Waals surface area contributed by atoms with Crippen molar-refractivity contribution in [2.45, 2.75) is 0 Å². The van der Waals surface area contributed by atoms with Gasteiger partial charge in [0.25, 0.3) is 5.91 Å². The lowest BCUT2D eigenvalue weighted by atomic mass is 10.2. The number of anilines is 1. The number of hydrogen-bond acceptors (Lipinski definition) is 5. The van der Waals surface area contributed by atoms with Crippen LogP contribution in [0.15, 0.2) is 39.5 Å². The molecule has 20 heavy (non-hydrogen) atoms. The number of ether oxygens (including phenoxy) is 2. The fourth-order valence-electron chi connectivity index (χ4n) is 1.48. The summed E-state index contributed by atoms with van der Waals surface area (Å²) in [5.41, 5.74) is 0.747. The molecule has 0 spiro atoms. The Morgan fingerprint density at radius 2 is 2.25 bits per heavy atom. The number of benzene rings is 1. The fraction of sp³-hybridized carbons (Fsp3) is 0.231. The number of methoxy groups -OCH3 is 1. The Balaban J connectivity index is 2.12. The van der Waals surface area contributed by atoms with E-state index in [9.17, 15) is 4.79 Å². The molecule has 106 valence electrons. The zero-order chi connectivity index (χ0) is 14.4. The number of halogens is 1. The van der Waals surface area contributed by atoms with E-state index >= 15 is 0 Å². The molecule has 1 aromatic carbocycles. The third-order valence-electron chi connectivity index (χ3n) is 2.41. The first-order chi connectivity index (χ1) is 9.70. The molecule has 2 rings (SSSR count). The van der Waals surface area contributed by atoms with Gasteiger partial charge >= 0.3 is 0 Å². The van der Waals surface area contributed by atoms with Crippen LogP contribution in [0.25, 0.3) is 0 Å². The first-order valence-electron chi connectivity index (χ1n) is 5.83. The van der Waals surface area contributed by atoms with E-state index in [1.807, 2.05) is 6.07 Å². The van der Waals surface area contributed by atoms with E-state index in [2.05, 4.69) is 30.9 Å². The summed E-state index contributed by atoms with van der Waals surface area (Å²) in [4.78, 5) is 11.9. The predicted molar refractivity (Wildman–Crippen MR) is 76.0 cm³/mol. The van der Waals surface area contributed by atoms with Crippen LogP contribution in [0.3, 0.4) is 0 Å². The Bertz CT molecular complexity index is 572. The van der Waals surface area contributed by atoms with Gasteiger partial charge in [-0.15, -0.1) is 0 Å². The Morgan fingerprint density at radius 1 is 1.40 bits per heavy atom. The summed E-state index contributed by atoms with van der Waals surface area (Å²) in [5.74, 6) is 0.190. The van der Waals surface area contributed by atoms with Crippen LogP contribution < -0.4 is 10.1 Å². The number of aromatic nitrogens is 1. The lowest BCUT2D eigenvalue weighted by Crippen LogP contribution is -2.14. The van der Waals surface area contributed by atoms with Gasteiger partial charge in [0.15, 0.2) is 5.69 Å². The zero-order valence-electron chi connectivity index (χ0n) is 10.8. The topological polar surface area (TPSA) is 73.6 Å². The highest BCUT2D eigenvalue weighted by Crippen LogP contribution is 2.28. The summed E-state index contributed by atoms with van der Waals surface area (Å²) in [6.45, 7) is 0.859. The minimum absolute atomic E-state index is 0.202. The molecular formula is C13H13BrN2O4. The first kappa shape index (κ1) is 14.5. The Labute approximate surface area is 124 Å². The van der Waals surface area contributed by atoms with Crippen molar-refractivity contribution in [1.29, 1.82) is 0 Å². The highest BCUT2D eigenvalue weighted by molar-refractivity contribution is 9.10. The first-order valence-corrected chi connectivity index (χ1v) is 6.63. The van der Waals surface area contributed by atoms with E-state index in [1.54, 1.807) is 19.2 Å². The number of nitrogens with zero attached hydrogens (tertiary/aromatic N) is 1. The Kier molecular flexibility index (Phi) is 5.14. The second-order valence-electron chi connectivity index (χ2n) is 3.82. The van der Waals surface area contributed by atoms with Gasteiger partial charge in [-0.2, -0.15) is 0 Å². The van der Waals surface area contributed by atoms with Crippen molar-refractivity contribution in [2.24, 2.45) is 0 Å². The number of rotatable bonds is 6.